The van der Waals surface area contributed by atoms with Gasteiger partial charge in [-0.3, -0.25) is 5.10 Å². The highest BCUT2D eigenvalue weighted by Gasteiger charge is 2.05. The molecule has 0 aliphatic heterocycles. The maximum absolute atomic E-state index is 8.42. The zero-order chi connectivity index (χ0) is 9.10. The minimum absolute atomic E-state index is 0.276. The third-order valence-electron chi connectivity index (χ3n) is 1.52. The van der Waals surface area contributed by atoms with E-state index in [1.165, 1.54) is 0 Å². The van der Waals surface area contributed by atoms with E-state index in [9.17, 15) is 0 Å². The highest BCUT2D eigenvalue weighted by molar-refractivity contribution is 7.13. The number of nitrogens with zero attached hydrogens (tertiary/aromatic N) is 3. The van der Waals surface area contributed by atoms with E-state index in [-0.39, 0.29) is 6.42 Å². The van der Waals surface area contributed by atoms with Gasteiger partial charge in [-0.2, -0.15) is 10.4 Å². The van der Waals surface area contributed by atoms with Crippen molar-refractivity contribution in [1.29, 1.82) is 5.26 Å². The number of hydrogen-bond acceptors (Lipinski definition) is 4. The summed E-state index contributed by atoms with van der Waals surface area (Å²) >= 11 is 1.58. The first-order valence-electron chi connectivity index (χ1n) is 3.72. The monoisotopic (exact) mass is 190 g/mol. The summed E-state index contributed by atoms with van der Waals surface area (Å²) in [5.74, 6) is 1.28. The maximum atomic E-state index is 8.42. The molecule has 5 heteroatoms. The van der Waals surface area contributed by atoms with E-state index in [4.69, 9.17) is 5.26 Å². The minimum atomic E-state index is 0.276. The molecule has 2 aromatic heterocycles. The summed E-state index contributed by atoms with van der Waals surface area (Å²) in [6.45, 7) is 0. The lowest BCUT2D eigenvalue weighted by atomic mass is 10.4. The number of thiophene rings is 1. The third kappa shape index (κ3) is 1.58. The minimum Gasteiger partial charge on any atom is -0.262 e. The number of rotatable bonds is 2. The van der Waals surface area contributed by atoms with Crippen LogP contribution in [0.1, 0.15) is 5.82 Å². The summed E-state index contributed by atoms with van der Waals surface area (Å²) in [7, 11) is 0. The molecule has 0 fully saturated rings. The van der Waals surface area contributed by atoms with E-state index in [1.807, 2.05) is 23.6 Å². The Hall–Kier alpha value is -1.67. The maximum Gasteiger partial charge on any atom is 0.191 e. The van der Waals surface area contributed by atoms with Crippen molar-refractivity contribution in [3.05, 3.63) is 23.3 Å². The summed E-state index contributed by atoms with van der Waals surface area (Å²) in [6, 6.07) is 5.91. The molecule has 0 aliphatic carbocycles. The number of nitrogens with one attached hydrogen (secondary N) is 1. The summed E-state index contributed by atoms with van der Waals surface area (Å²) in [6.07, 6.45) is 0.276. The zero-order valence-corrected chi connectivity index (χ0v) is 7.51. The molecule has 0 radical (unpaired) electrons. The molecule has 0 saturated carbocycles. The van der Waals surface area contributed by atoms with E-state index in [0.717, 1.165) is 4.88 Å². The fourth-order valence-electron chi connectivity index (χ4n) is 0.965. The molecule has 0 saturated heterocycles. The average Bonchev–Trinajstić information content (AvgIpc) is 2.70. The number of nitriles is 1. The number of aromatic amines is 1. The molecule has 0 atom stereocenters. The molecule has 0 amide bonds. The van der Waals surface area contributed by atoms with Gasteiger partial charge in [-0.15, -0.1) is 11.3 Å². The highest BCUT2D eigenvalue weighted by Crippen LogP contribution is 2.20. The Bertz CT molecular complexity index is 423. The second kappa shape index (κ2) is 3.37. The SMILES string of the molecule is N#CCc1nc(-c2cccs2)n[nH]1. The largest absolute Gasteiger partial charge is 0.262 e. The number of H-pyrrole nitrogens is 1. The Morgan fingerprint density at radius 2 is 2.54 bits per heavy atom. The van der Waals surface area contributed by atoms with Crippen LogP contribution in [0.15, 0.2) is 17.5 Å². The van der Waals surface area contributed by atoms with Crippen molar-refractivity contribution in [2.24, 2.45) is 0 Å². The van der Waals surface area contributed by atoms with Crippen molar-refractivity contribution in [3.8, 4) is 16.8 Å². The van der Waals surface area contributed by atoms with Gasteiger partial charge in [0.05, 0.1) is 17.4 Å². The van der Waals surface area contributed by atoms with Crippen molar-refractivity contribution < 1.29 is 0 Å². The van der Waals surface area contributed by atoms with Crippen LogP contribution >= 0.6 is 11.3 Å². The van der Waals surface area contributed by atoms with Gasteiger partial charge >= 0.3 is 0 Å². The summed E-state index contributed by atoms with van der Waals surface area (Å²) in [5.41, 5.74) is 0. The van der Waals surface area contributed by atoms with Gasteiger partial charge in [0.25, 0.3) is 0 Å². The zero-order valence-electron chi connectivity index (χ0n) is 6.69. The second-order valence-electron chi connectivity index (χ2n) is 2.42. The van der Waals surface area contributed by atoms with Crippen molar-refractivity contribution in [1.82, 2.24) is 15.2 Å². The van der Waals surface area contributed by atoms with Crippen LogP contribution in [0.5, 0.6) is 0 Å². The molecule has 4 nitrogen and oxygen atoms in total. The molecule has 0 spiro atoms. The van der Waals surface area contributed by atoms with E-state index in [0.29, 0.717) is 11.6 Å². The molecule has 0 bridgehead atoms. The van der Waals surface area contributed by atoms with E-state index >= 15 is 0 Å². The van der Waals surface area contributed by atoms with Gasteiger partial charge < -0.3 is 0 Å². The molecule has 1 N–H and O–H groups in total. The third-order valence-corrected chi connectivity index (χ3v) is 2.39. The van der Waals surface area contributed by atoms with Gasteiger partial charge in [0, 0.05) is 0 Å². The van der Waals surface area contributed by atoms with Crippen LogP contribution in [0.4, 0.5) is 0 Å². The quantitative estimate of drug-likeness (QED) is 0.782. The smallest absolute Gasteiger partial charge is 0.191 e. The molecule has 2 aromatic rings. The lowest BCUT2D eigenvalue weighted by Crippen LogP contribution is -1.83. The van der Waals surface area contributed by atoms with Gasteiger partial charge in [-0.1, -0.05) is 6.07 Å². The highest BCUT2D eigenvalue weighted by atomic mass is 32.1. The van der Waals surface area contributed by atoms with Crippen LogP contribution < -0.4 is 0 Å². The summed E-state index contributed by atoms with van der Waals surface area (Å²) in [5, 5.41) is 17.1. The van der Waals surface area contributed by atoms with Gasteiger partial charge in [0.1, 0.15) is 5.82 Å². The van der Waals surface area contributed by atoms with Crippen LogP contribution in [0.3, 0.4) is 0 Å². The molecular weight excluding hydrogens is 184 g/mol. The molecule has 0 unspecified atom stereocenters. The molecule has 64 valence electrons. The van der Waals surface area contributed by atoms with Gasteiger partial charge in [-0.25, -0.2) is 4.98 Å². The normalized spacial score (nSPS) is 9.77. The molecule has 2 rings (SSSR count). The molecule has 0 aromatic carbocycles. The Morgan fingerprint density at radius 1 is 1.62 bits per heavy atom. The predicted octanol–water partition coefficient (Wildman–Crippen LogP) is 1.60. The fourth-order valence-corrected chi connectivity index (χ4v) is 1.62. The van der Waals surface area contributed by atoms with Crippen molar-refractivity contribution in [2.45, 2.75) is 6.42 Å². The van der Waals surface area contributed by atoms with E-state index in [1.54, 1.807) is 11.3 Å². The first kappa shape index (κ1) is 7.95. The van der Waals surface area contributed by atoms with Gasteiger partial charge in [0.2, 0.25) is 0 Å². The first-order valence-corrected chi connectivity index (χ1v) is 4.60. The standard InChI is InChI=1S/C8H6N4S/c9-4-3-7-10-8(12-11-7)6-2-1-5-13-6/h1-2,5H,3H2,(H,10,11,12). The Labute approximate surface area is 78.9 Å². The fraction of sp³-hybridized carbons (Fsp3) is 0.125. The van der Waals surface area contributed by atoms with Crippen LogP contribution in [-0.4, -0.2) is 15.2 Å². The van der Waals surface area contributed by atoms with Crippen LogP contribution in [0, 0.1) is 11.3 Å². The molecule has 13 heavy (non-hydrogen) atoms. The van der Waals surface area contributed by atoms with Crippen LogP contribution in [0.2, 0.25) is 0 Å². The van der Waals surface area contributed by atoms with Crippen LogP contribution in [0.25, 0.3) is 10.7 Å². The Kier molecular flexibility index (Phi) is 2.06. The number of aromatic nitrogens is 3. The van der Waals surface area contributed by atoms with Crippen molar-refractivity contribution >= 4 is 11.3 Å². The second-order valence-corrected chi connectivity index (χ2v) is 3.37. The Balaban J connectivity index is 2.29. The molecule has 0 aliphatic rings. The number of hydrogen-bond donors (Lipinski definition) is 1. The van der Waals surface area contributed by atoms with Gasteiger partial charge in [0.15, 0.2) is 5.82 Å². The van der Waals surface area contributed by atoms with Crippen molar-refractivity contribution in [3.63, 3.8) is 0 Å². The molecule has 2 heterocycles. The van der Waals surface area contributed by atoms with Gasteiger partial charge in [-0.05, 0) is 11.4 Å². The summed E-state index contributed by atoms with van der Waals surface area (Å²) in [4.78, 5) is 5.18. The predicted molar refractivity (Wildman–Crippen MR) is 49.0 cm³/mol. The average molecular weight is 190 g/mol. The summed E-state index contributed by atoms with van der Waals surface area (Å²) < 4.78 is 0. The lowest BCUT2D eigenvalue weighted by molar-refractivity contribution is 0.996. The van der Waals surface area contributed by atoms with E-state index < -0.39 is 0 Å². The molecular formula is C8H6N4S. The first-order chi connectivity index (χ1) is 6.40. The van der Waals surface area contributed by atoms with Crippen LogP contribution in [-0.2, 0) is 6.42 Å². The lowest BCUT2D eigenvalue weighted by Gasteiger charge is -1.83. The topological polar surface area (TPSA) is 65.4 Å². The van der Waals surface area contributed by atoms with E-state index in [2.05, 4.69) is 15.2 Å². The van der Waals surface area contributed by atoms with Crippen molar-refractivity contribution in [2.75, 3.05) is 0 Å². The Morgan fingerprint density at radius 3 is 3.23 bits per heavy atom.